The van der Waals surface area contributed by atoms with Gasteiger partial charge in [-0.25, -0.2) is 0 Å². The highest BCUT2D eigenvalue weighted by atomic mass is 16.5. The second kappa shape index (κ2) is 6.38. The molecule has 4 N–H and O–H groups in total. The summed E-state index contributed by atoms with van der Waals surface area (Å²) in [7, 11) is 1.51. The summed E-state index contributed by atoms with van der Waals surface area (Å²) < 4.78 is 5.19. The average molecular weight is 277 g/mol. The number of piperidine rings is 1. The number of hydrogen-bond donors (Lipinski definition) is 3. The second-order valence-electron chi connectivity index (χ2n) is 4.81. The number of methoxy groups -OCH3 is 1. The van der Waals surface area contributed by atoms with Gasteiger partial charge in [0.2, 0.25) is 11.8 Å². The lowest BCUT2D eigenvalue weighted by Crippen LogP contribution is -2.37. The van der Waals surface area contributed by atoms with Crippen molar-refractivity contribution in [1.82, 2.24) is 5.32 Å². The predicted molar refractivity (Wildman–Crippen MR) is 75.7 cm³/mol. The lowest BCUT2D eigenvalue weighted by molar-refractivity contribution is -0.120. The van der Waals surface area contributed by atoms with Gasteiger partial charge in [-0.05, 0) is 37.6 Å². The molecule has 20 heavy (non-hydrogen) atoms. The first-order valence-electron chi connectivity index (χ1n) is 6.61. The van der Waals surface area contributed by atoms with E-state index in [1.807, 2.05) is 0 Å². The van der Waals surface area contributed by atoms with Gasteiger partial charge >= 0.3 is 0 Å². The van der Waals surface area contributed by atoms with Crippen molar-refractivity contribution in [3.8, 4) is 5.75 Å². The number of nitrogens with one attached hydrogen (secondary N) is 2. The average Bonchev–Trinajstić information content (AvgIpc) is 2.48. The van der Waals surface area contributed by atoms with Crippen molar-refractivity contribution in [3.05, 3.63) is 23.8 Å². The molecule has 1 saturated heterocycles. The van der Waals surface area contributed by atoms with Crippen LogP contribution in [0.2, 0.25) is 0 Å². The summed E-state index contributed by atoms with van der Waals surface area (Å²) in [6.45, 7) is 1.62. The Bertz CT molecular complexity index is 510. The van der Waals surface area contributed by atoms with Crippen LogP contribution in [0.25, 0.3) is 0 Å². The first-order chi connectivity index (χ1) is 9.61. The van der Waals surface area contributed by atoms with Crippen molar-refractivity contribution in [2.45, 2.75) is 12.8 Å². The minimum Gasteiger partial charge on any atom is -0.495 e. The van der Waals surface area contributed by atoms with E-state index in [0.29, 0.717) is 23.5 Å². The van der Waals surface area contributed by atoms with E-state index in [4.69, 9.17) is 10.5 Å². The Kier molecular flexibility index (Phi) is 4.57. The SMILES string of the molecule is COc1ccc(C(N)=O)cc1NC(=O)C1CCCNC1. The lowest BCUT2D eigenvalue weighted by Gasteiger charge is -2.22. The third-order valence-corrected chi connectivity index (χ3v) is 3.41. The highest BCUT2D eigenvalue weighted by molar-refractivity contribution is 5.98. The minimum atomic E-state index is -0.539. The second-order valence-corrected chi connectivity index (χ2v) is 4.81. The van der Waals surface area contributed by atoms with E-state index < -0.39 is 5.91 Å². The summed E-state index contributed by atoms with van der Waals surface area (Å²) in [6.07, 6.45) is 1.84. The molecule has 6 heteroatoms. The third kappa shape index (κ3) is 3.27. The number of rotatable bonds is 4. The zero-order chi connectivity index (χ0) is 14.5. The molecule has 1 aromatic rings. The molecule has 0 radical (unpaired) electrons. The Morgan fingerprint density at radius 3 is 2.85 bits per heavy atom. The van der Waals surface area contributed by atoms with E-state index in [1.165, 1.54) is 13.2 Å². The fraction of sp³-hybridized carbons (Fsp3) is 0.429. The Hall–Kier alpha value is -2.08. The fourth-order valence-electron chi connectivity index (χ4n) is 2.27. The third-order valence-electron chi connectivity index (χ3n) is 3.41. The number of benzene rings is 1. The number of amides is 2. The van der Waals surface area contributed by atoms with Gasteiger partial charge in [-0.15, -0.1) is 0 Å². The maximum atomic E-state index is 12.2. The lowest BCUT2D eigenvalue weighted by atomic mass is 9.98. The molecule has 1 atom stereocenters. The molecule has 0 saturated carbocycles. The van der Waals surface area contributed by atoms with Gasteiger partial charge in [0.1, 0.15) is 5.75 Å². The van der Waals surface area contributed by atoms with E-state index >= 15 is 0 Å². The van der Waals surface area contributed by atoms with Crippen LogP contribution in [0.3, 0.4) is 0 Å². The van der Waals surface area contributed by atoms with Crippen LogP contribution in [0.5, 0.6) is 5.75 Å². The van der Waals surface area contributed by atoms with Crippen molar-refractivity contribution < 1.29 is 14.3 Å². The quantitative estimate of drug-likeness (QED) is 0.756. The topological polar surface area (TPSA) is 93.4 Å². The molecule has 1 aromatic carbocycles. The van der Waals surface area contributed by atoms with Gasteiger partial charge in [0.05, 0.1) is 18.7 Å². The summed E-state index contributed by atoms with van der Waals surface area (Å²) in [5.74, 6) is -0.169. The molecule has 6 nitrogen and oxygen atoms in total. The number of primary amides is 1. The van der Waals surface area contributed by atoms with Crippen LogP contribution in [0.15, 0.2) is 18.2 Å². The monoisotopic (exact) mass is 277 g/mol. The molecular weight excluding hydrogens is 258 g/mol. The molecule has 108 valence electrons. The van der Waals surface area contributed by atoms with Crippen LogP contribution in [0.4, 0.5) is 5.69 Å². The van der Waals surface area contributed by atoms with E-state index in [2.05, 4.69) is 10.6 Å². The molecule has 1 aliphatic rings. The number of anilines is 1. The Morgan fingerprint density at radius 1 is 1.45 bits per heavy atom. The maximum Gasteiger partial charge on any atom is 0.248 e. The molecule has 0 spiro atoms. The zero-order valence-corrected chi connectivity index (χ0v) is 11.4. The summed E-state index contributed by atoms with van der Waals surface area (Å²) in [6, 6.07) is 4.73. The molecule has 2 amide bonds. The van der Waals surface area contributed by atoms with Gasteiger partial charge < -0.3 is 21.1 Å². The first-order valence-corrected chi connectivity index (χ1v) is 6.61. The minimum absolute atomic E-state index is 0.0642. The zero-order valence-electron chi connectivity index (χ0n) is 11.4. The van der Waals surface area contributed by atoms with Crippen LogP contribution in [-0.2, 0) is 4.79 Å². The van der Waals surface area contributed by atoms with Gasteiger partial charge in [0.15, 0.2) is 0 Å². The Labute approximate surface area is 117 Å². The molecular formula is C14H19N3O3. The number of ether oxygens (including phenoxy) is 1. The van der Waals surface area contributed by atoms with Crippen molar-refractivity contribution in [2.24, 2.45) is 11.7 Å². The highest BCUT2D eigenvalue weighted by Crippen LogP contribution is 2.26. The molecule has 1 unspecified atom stereocenters. The number of carbonyl (C=O) groups excluding carboxylic acids is 2. The van der Waals surface area contributed by atoms with E-state index in [9.17, 15) is 9.59 Å². The fourth-order valence-corrected chi connectivity index (χ4v) is 2.27. The molecule has 0 bridgehead atoms. The van der Waals surface area contributed by atoms with Crippen LogP contribution >= 0.6 is 0 Å². The maximum absolute atomic E-state index is 12.2. The van der Waals surface area contributed by atoms with Gasteiger partial charge in [0, 0.05) is 12.1 Å². The Balaban J connectivity index is 2.15. The number of carbonyl (C=O) groups is 2. The van der Waals surface area contributed by atoms with E-state index in [0.717, 1.165) is 19.4 Å². The van der Waals surface area contributed by atoms with Gasteiger partial charge in [0.25, 0.3) is 0 Å². The molecule has 0 aliphatic carbocycles. The van der Waals surface area contributed by atoms with Crippen LogP contribution in [-0.4, -0.2) is 32.0 Å². The molecule has 1 fully saturated rings. The summed E-state index contributed by atoms with van der Waals surface area (Å²) in [4.78, 5) is 23.4. The Morgan fingerprint density at radius 2 is 2.25 bits per heavy atom. The largest absolute Gasteiger partial charge is 0.495 e. The molecule has 1 heterocycles. The van der Waals surface area contributed by atoms with Gasteiger partial charge in [-0.1, -0.05) is 0 Å². The summed E-state index contributed by atoms with van der Waals surface area (Å²) >= 11 is 0. The van der Waals surface area contributed by atoms with Crippen LogP contribution in [0.1, 0.15) is 23.2 Å². The summed E-state index contributed by atoms with van der Waals surface area (Å²) in [5, 5.41) is 6.01. The highest BCUT2D eigenvalue weighted by Gasteiger charge is 2.22. The normalized spacial score (nSPS) is 18.4. The smallest absolute Gasteiger partial charge is 0.248 e. The van der Waals surface area contributed by atoms with Crippen molar-refractivity contribution >= 4 is 17.5 Å². The van der Waals surface area contributed by atoms with E-state index in [-0.39, 0.29) is 11.8 Å². The first kappa shape index (κ1) is 14.3. The predicted octanol–water partition coefficient (Wildman–Crippen LogP) is 0.732. The van der Waals surface area contributed by atoms with Crippen molar-refractivity contribution in [2.75, 3.05) is 25.5 Å². The number of nitrogens with two attached hydrogens (primary N) is 1. The standard InChI is InChI=1S/C14H19N3O3/c1-20-12-5-4-9(13(15)18)7-11(12)17-14(19)10-3-2-6-16-8-10/h4-5,7,10,16H,2-3,6,8H2,1H3,(H2,15,18)(H,17,19). The summed E-state index contributed by atoms with van der Waals surface area (Å²) in [5.41, 5.74) is 6.05. The van der Waals surface area contributed by atoms with Crippen LogP contribution in [0, 0.1) is 5.92 Å². The van der Waals surface area contributed by atoms with Crippen LogP contribution < -0.4 is 21.1 Å². The van der Waals surface area contributed by atoms with Gasteiger partial charge in [-0.3, -0.25) is 9.59 Å². The number of hydrogen-bond acceptors (Lipinski definition) is 4. The molecule has 1 aliphatic heterocycles. The van der Waals surface area contributed by atoms with Crippen molar-refractivity contribution in [3.63, 3.8) is 0 Å². The van der Waals surface area contributed by atoms with Crippen molar-refractivity contribution in [1.29, 1.82) is 0 Å². The molecule has 0 aromatic heterocycles. The van der Waals surface area contributed by atoms with Gasteiger partial charge in [-0.2, -0.15) is 0 Å². The molecule has 2 rings (SSSR count). The van der Waals surface area contributed by atoms with E-state index in [1.54, 1.807) is 12.1 Å².